The molecule has 0 aromatic carbocycles. The number of aromatic nitrogens is 2. The first-order chi connectivity index (χ1) is 10.6. The molecule has 0 atom stereocenters. The van der Waals surface area contributed by atoms with E-state index in [1.807, 2.05) is 13.8 Å². The van der Waals surface area contributed by atoms with Crippen LogP contribution < -0.4 is 0 Å². The molecule has 10 heteroatoms. The first-order valence-corrected chi connectivity index (χ1v) is 7.50. The molecule has 1 aliphatic rings. The molecule has 0 unspecified atom stereocenters. The Morgan fingerprint density at radius 2 is 2.17 bits per heavy atom. The van der Waals surface area contributed by atoms with Gasteiger partial charge in [0.1, 0.15) is 0 Å². The molecular weight excluding hydrogens is 335 g/mol. The fraction of sp³-hybridized carbons (Fsp3) is 0.462. The minimum Gasteiger partial charge on any atom is -0.329 e. The van der Waals surface area contributed by atoms with Crippen molar-refractivity contribution in [2.45, 2.75) is 38.6 Å². The Morgan fingerprint density at radius 3 is 2.74 bits per heavy atom. The number of hydrogen-bond acceptors (Lipinski definition) is 6. The Hall–Kier alpha value is -1.94. The zero-order chi connectivity index (χ0) is 16.8. The normalized spacial score (nSPS) is 18.0. The fourth-order valence-electron chi connectivity index (χ4n) is 2.13. The molecule has 0 aliphatic carbocycles. The zero-order valence-corrected chi connectivity index (χ0v) is 13.0. The Kier molecular flexibility index (Phi) is 3.68. The van der Waals surface area contributed by atoms with Gasteiger partial charge in [0.05, 0.1) is 18.6 Å². The van der Waals surface area contributed by atoms with Gasteiger partial charge in [-0.25, -0.2) is 5.06 Å². The number of hydrogen-bond donors (Lipinski definition) is 0. The predicted molar refractivity (Wildman–Crippen MR) is 72.9 cm³/mol. The van der Waals surface area contributed by atoms with Gasteiger partial charge in [-0.2, -0.15) is 18.2 Å². The summed E-state index contributed by atoms with van der Waals surface area (Å²) in [6.07, 6.45) is -4.39. The molecule has 1 fully saturated rings. The third-order valence-corrected chi connectivity index (χ3v) is 4.01. The number of amides is 1. The minimum absolute atomic E-state index is 0.135. The van der Waals surface area contributed by atoms with Crippen LogP contribution in [-0.4, -0.2) is 26.7 Å². The molecule has 0 N–H and O–H groups in total. The monoisotopic (exact) mass is 347 g/mol. The molecular formula is C13H12F3N3O3S. The maximum absolute atomic E-state index is 12.5. The minimum atomic E-state index is -4.68. The maximum Gasteiger partial charge on any atom is 0.471 e. The standard InChI is InChI=1S/C13H12F3N3O3S/c1-12(2)4-9(20)19(22-12)5-8-3-7(6-23-8)10-17-11(21-18-10)13(14,15)16/h3,6H,4-5H2,1-2H3. The largest absolute Gasteiger partial charge is 0.471 e. The van der Waals surface area contributed by atoms with E-state index >= 15 is 0 Å². The lowest BCUT2D eigenvalue weighted by atomic mass is 10.1. The number of carbonyl (C=O) groups excluding carboxylic acids is 1. The molecule has 3 heterocycles. The molecule has 2 aromatic heterocycles. The van der Waals surface area contributed by atoms with Crippen LogP contribution in [0.4, 0.5) is 13.2 Å². The molecule has 1 aliphatic heterocycles. The molecule has 0 saturated carbocycles. The van der Waals surface area contributed by atoms with Crippen molar-refractivity contribution in [1.29, 1.82) is 0 Å². The average Bonchev–Trinajstić information content (AvgIpc) is 3.08. The third kappa shape index (κ3) is 3.37. The van der Waals surface area contributed by atoms with Crippen LogP contribution in [0.3, 0.4) is 0 Å². The van der Waals surface area contributed by atoms with Crippen molar-refractivity contribution < 1.29 is 27.3 Å². The molecule has 0 spiro atoms. The van der Waals surface area contributed by atoms with Gasteiger partial charge >= 0.3 is 12.1 Å². The highest BCUT2D eigenvalue weighted by Gasteiger charge is 2.39. The van der Waals surface area contributed by atoms with E-state index in [0.717, 1.165) is 4.88 Å². The van der Waals surface area contributed by atoms with E-state index in [-0.39, 0.29) is 24.7 Å². The van der Waals surface area contributed by atoms with E-state index in [1.54, 1.807) is 11.4 Å². The molecule has 1 amide bonds. The Labute approximate surface area is 132 Å². The van der Waals surface area contributed by atoms with E-state index in [4.69, 9.17) is 4.84 Å². The van der Waals surface area contributed by atoms with Gasteiger partial charge in [-0.05, 0) is 19.9 Å². The van der Waals surface area contributed by atoms with Crippen LogP contribution in [0.1, 0.15) is 31.0 Å². The Morgan fingerprint density at radius 1 is 1.43 bits per heavy atom. The van der Waals surface area contributed by atoms with Crippen molar-refractivity contribution >= 4 is 17.2 Å². The second kappa shape index (κ2) is 5.31. The smallest absolute Gasteiger partial charge is 0.329 e. The number of thiophene rings is 1. The number of alkyl halides is 3. The highest BCUT2D eigenvalue weighted by atomic mass is 32.1. The van der Waals surface area contributed by atoms with Gasteiger partial charge < -0.3 is 4.52 Å². The predicted octanol–water partition coefficient (Wildman–Crippen LogP) is 3.26. The van der Waals surface area contributed by atoms with Crippen LogP contribution >= 0.6 is 11.3 Å². The van der Waals surface area contributed by atoms with E-state index in [0.29, 0.717) is 5.56 Å². The first kappa shape index (κ1) is 15.9. The van der Waals surface area contributed by atoms with E-state index < -0.39 is 17.7 Å². The van der Waals surface area contributed by atoms with Crippen molar-refractivity contribution in [3.8, 4) is 11.4 Å². The van der Waals surface area contributed by atoms with Crippen molar-refractivity contribution in [3.63, 3.8) is 0 Å². The summed E-state index contributed by atoms with van der Waals surface area (Å²) in [5.74, 6) is -1.67. The lowest BCUT2D eigenvalue weighted by molar-refractivity contribution is -0.194. The zero-order valence-electron chi connectivity index (χ0n) is 12.2. The molecule has 23 heavy (non-hydrogen) atoms. The van der Waals surface area contributed by atoms with Gasteiger partial charge in [0, 0.05) is 15.8 Å². The van der Waals surface area contributed by atoms with Crippen LogP contribution in [0.2, 0.25) is 0 Å². The molecule has 3 rings (SSSR count). The van der Waals surface area contributed by atoms with E-state index in [2.05, 4.69) is 14.7 Å². The molecule has 6 nitrogen and oxygen atoms in total. The van der Waals surface area contributed by atoms with Gasteiger partial charge in [-0.1, -0.05) is 5.16 Å². The van der Waals surface area contributed by atoms with Crippen LogP contribution in [0.5, 0.6) is 0 Å². The third-order valence-electron chi connectivity index (χ3n) is 3.09. The Bertz CT molecular complexity index is 738. The van der Waals surface area contributed by atoms with Crippen molar-refractivity contribution in [1.82, 2.24) is 15.2 Å². The summed E-state index contributed by atoms with van der Waals surface area (Å²) in [6.45, 7) is 3.84. The summed E-state index contributed by atoms with van der Waals surface area (Å²) >= 11 is 1.27. The number of rotatable bonds is 3. The Balaban J connectivity index is 1.74. The van der Waals surface area contributed by atoms with Crippen LogP contribution in [0.25, 0.3) is 11.4 Å². The van der Waals surface area contributed by atoms with Crippen LogP contribution in [-0.2, 0) is 22.4 Å². The summed E-state index contributed by atoms with van der Waals surface area (Å²) in [5.41, 5.74) is -0.151. The van der Waals surface area contributed by atoms with Crippen LogP contribution in [0, 0.1) is 0 Å². The molecule has 1 saturated heterocycles. The van der Waals surface area contributed by atoms with Gasteiger partial charge in [0.15, 0.2) is 0 Å². The number of carbonyl (C=O) groups is 1. The van der Waals surface area contributed by atoms with Gasteiger partial charge in [-0.3, -0.25) is 9.63 Å². The van der Waals surface area contributed by atoms with Crippen molar-refractivity contribution in [2.75, 3.05) is 0 Å². The number of halogens is 3. The molecule has 0 radical (unpaired) electrons. The van der Waals surface area contributed by atoms with Gasteiger partial charge in [-0.15, -0.1) is 11.3 Å². The second-order valence-electron chi connectivity index (χ2n) is 5.68. The lowest BCUT2D eigenvalue weighted by Crippen LogP contribution is -2.25. The highest BCUT2D eigenvalue weighted by Crippen LogP contribution is 2.32. The highest BCUT2D eigenvalue weighted by molar-refractivity contribution is 7.10. The summed E-state index contributed by atoms with van der Waals surface area (Å²) in [7, 11) is 0. The first-order valence-electron chi connectivity index (χ1n) is 6.62. The number of hydroxylamine groups is 2. The fourth-order valence-corrected chi connectivity index (χ4v) is 2.97. The summed E-state index contributed by atoms with van der Waals surface area (Å²) < 4.78 is 41.6. The summed E-state index contributed by atoms with van der Waals surface area (Å²) in [4.78, 5) is 21.4. The lowest BCUT2D eigenvalue weighted by Gasteiger charge is -2.19. The topological polar surface area (TPSA) is 68.5 Å². The number of nitrogens with zero attached hydrogens (tertiary/aromatic N) is 3. The maximum atomic E-state index is 12.5. The average molecular weight is 347 g/mol. The van der Waals surface area contributed by atoms with Crippen LogP contribution in [0.15, 0.2) is 16.0 Å². The van der Waals surface area contributed by atoms with Crippen molar-refractivity contribution in [2.24, 2.45) is 0 Å². The molecule has 2 aromatic rings. The SMILES string of the molecule is CC1(C)CC(=O)N(Cc2cc(-c3noc(C(F)(F)F)n3)cs2)O1. The quantitative estimate of drug-likeness (QED) is 0.852. The van der Waals surface area contributed by atoms with Gasteiger partial charge in [0.25, 0.3) is 0 Å². The van der Waals surface area contributed by atoms with E-state index in [9.17, 15) is 18.0 Å². The van der Waals surface area contributed by atoms with E-state index in [1.165, 1.54) is 16.4 Å². The van der Waals surface area contributed by atoms with Crippen molar-refractivity contribution in [3.05, 3.63) is 22.2 Å². The summed E-state index contributed by atoms with van der Waals surface area (Å²) in [5, 5.41) is 6.18. The van der Waals surface area contributed by atoms with Gasteiger partial charge in [0.2, 0.25) is 11.7 Å². The summed E-state index contributed by atoms with van der Waals surface area (Å²) in [6, 6.07) is 1.61. The molecule has 0 bridgehead atoms. The molecule has 124 valence electrons. The second-order valence-corrected chi connectivity index (χ2v) is 6.68.